The highest BCUT2D eigenvalue weighted by Crippen LogP contribution is 2.20. The van der Waals surface area contributed by atoms with Gasteiger partial charge in [-0.15, -0.1) is 0 Å². The fourth-order valence-corrected chi connectivity index (χ4v) is 4.19. The number of H-pyrrole nitrogens is 1. The predicted molar refractivity (Wildman–Crippen MR) is 121 cm³/mol. The molecule has 3 heterocycles. The molecule has 3 aromatic rings. The van der Waals surface area contributed by atoms with Crippen molar-refractivity contribution in [3.8, 4) is 0 Å². The van der Waals surface area contributed by atoms with Gasteiger partial charge in [0.25, 0.3) is 5.91 Å². The molecule has 1 aromatic carbocycles. The summed E-state index contributed by atoms with van der Waals surface area (Å²) < 4.78 is 13.3. The van der Waals surface area contributed by atoms with Gasteiger partial charge < -0.3 is 20.9 Å². The Kier molecular flexibility index (Phi) is 6.72. The van der Waals surface area contributed by atoms with Crippen molar-refractivity contribution in [2.45, 2.75) is 25.3 Å². The number of fused-ring (bicyclic) bond motifs is 1. The van der Waals surface area contributed by atoms with Crippen LogP contribution in [0.1, 0.15) is 28.9 Å². The number of rotatable bonds is 6. The number of likely N-dealkylation sites (tertiary alicyclic amines) is 1. The zero-order chi connectivity index (χ0) is 22.7. The lowest BCUT2D eigenvalue weighted by atomic mass is 9.96. The Bertz CT molecular complexity index is 1110. The molecule has 0 saturated carbocycles. The zero-order valence-corrected chi connectivity index (χ0v) is 18.2. The zero-order valence-electron chi connectivity index (χ0n) is 17.5. The topological polar surface area (TPSA) is 104 Å². The quantitative estimate of drug-likeness (QED) is 0.495. The summed E-state index contributed by atoms with van der Waals surface area (Å²) in [5, 5.41) is 3.94. The van der Waals surface area contributed by atoms with Crippen molar-refractivity contribution in [3.05, 3.63) is 64.8 Å². The summed E-state index contributed by atoms with van der Waals surface area (Å²) in [5.41, 5.74) is 7.50. The second-order valence-corrected chi connectivity index (χ2v) is 8.53. The minimum Gasteiger partial charge on any atom is -0.349 e. The highest BCUT2D eigenvalue weighted by Gasteiger charge is 2.30. The van der Waals surface area contributed by atoms with Crippen LogP contribution in [0.4, 0.5) is 4.39 Å². The van der Waals surface area contributed by atoms with Crippen LogP contribution in [-0.4, -0.2) is 52.4 Å². The molecule has 7 nitrogen and oxygen atoms in total. The van der Waals surface area contributed by atoms with Gasteiger partial charge in [-0.3, -0.25) is 9.59 Å². The van der Waals surface area contributed by atoms with Gasteiger partial charge in [0.15, 0.2) is 0 Å². The van der Waals surface area contributed by atoms with Crippen LogP contribution >= 0.6 is 11.6 Å². The first-order chi connectivity index (χ1) is 15.4. The molecule has 1 aliphatic rings. The van der Waals surface area contributed by atoms with E-state index in [2.05, 4.69) is 15.3 Å². The van der Waals surface area contributed by atoms with Gasteiger partial charge in [-0.25, -0.2) is 9.37 Å². The molecule has 4 N–H and O–H groups in total. The molecular formula is C23H25ClFN5O2. The first kappa shape index (κ1) is 22.2. The number of amides is 2. The van der Waals surface area contributed by atoms with E-state index in [1.807, 2.05) is 0 Å². The Morgan fingerprint density at radius 2 is 1.97 bits per heavy atom. The van der Waals surface area contributed by atoms with Gasteiger partial charge >= 0.3 is 0 Å². The van der Waals surface area contributed by atoms with Gasteiger partial charge in [0, 0.05) is 24.9 Å². The monoisotopic (exact) mass is 457 g/mol. The Labute approximate surface area is 190 Å². The van der Waals surface area contributed by atoms with Crippen molar-refractivity contribution in [1.82, 2.24) is 20.2 Å². The van der Waals surface area contributed by atoms with Crippen molar-refractivity contribution < 1.29 is 14.0 Å². The lowest BCUT2D eigenvalue weighted by Gasteiger charge is -2.34. The number of aromatic amines is 1. The molecule has 2 aromatic heterocycles. The number of nitrogens with one attached hydrogen (secondary N) is 2. The Morgan fingerprint density at radius 3 is 2.66 bits per heavy atom. The number of hydrogen-bond acceptors (Lipinski definition) is 4. The smallest absolute Gasteiger partial charge is 0.268 e. The van der Waals surface area contributed by atoms with Crippen molar-refractivity contribution in [1.29, 1.82) is 0 Å². The Balaban J connectivity index is 1.53. The number of piperidine rings is 1. The molecule has 32 heavy (non-hydrogen) atoms. The molecule has 4 rings (SSSR count). The van der Waals surface area contributed by atoms with E-state index in [4.69, 9.17) is 17.3 Å². The predicted octanol–water partition coefficient (Wildman–Crippen LogP) is 2.89. The molecule has 0 spiro atoms. The number of nitrogens with two attached hydrogens (primary N) is 1. The summed E-state index contributed by atoms with van der Waals surface area (Å²) in [4.78, 5) is 35.1. The largest absolute Gasteiger partial charge is 0.349 e. The van der Waals surface area contributed by atoms with Crippen molar-refractivity contribution >= 4 is 34.3 Å². The van der Waals surface area contributed by atoms with E-state index in [1.54, 1.807) is 35.4 Å². The van der Waals surface area contributed by atoms with E-state index in [-0.39, 0.29) is 18.1 Å². The van der Waals surface area contributed by atoms with E-state index in [9.17, 15) is 14.0 Å². The third-order valence-corrected chi connectivity index (χ3v) is 6.14. The lowest BCUT2D eigenvalue weighted by Crippen LogP contribution is -2.52. The molecule has 1 atom stereocenters. The van der Waals surface area contributed by atoms with Crippen molar-refractivity contribution in [3.63, 3.8) is 0 Å². The van der Waals surface area contributed by atoms with Crippen LogP contribution in [0.15, 0.2) is 42.6 Å². The number of benzene rings is 1. The molecule has 0 aliphatic carbocycles. The number of hydrogen-bond donors (Lipinski definition) is 3. The van der Waals surface area contributed by atoms with E-state index in [0.717, 1.165) is 23.8 Å². The number of carbonyl (C=O) groups is 2. The van der Waals surface area contributed by atoms with Crippen LogP contribution < -0.4 is 11.1 Å². The molecule has 0 radical (unpaired) electrons. The molecule has 168 valence electrons. The minimum atomic E-state index is -0.782. The van der Waals surface area contributed by atoms with E-state index in [0.29, 0.717) is 41.9 Å². The third kappa shape index (κ3) is 5.08. The summed E-state index contributed by atoms with van der Waals surface area (Å²) in [6.45, 7) is 1.82. The first-order valence-electron chi connectivity index (χ1n) is 10.6. The normalized spacial score (nSPS) is 15.7. The minimum absolute atomic E-state index is 0.154. The second-order valence-electron chi connectivity index (χ2n) is 8.14. The molecule has 1 saturated heterocycles. The van der Waals surface area contributed by atoms with Gasteiger partial charge in [0.2, 0.25) is 5.91 Å². The highest BCUT2D eigenvalue weighted by molar-refractivity contribution is 6.30. The van der Waals surface area contributed by atoms with Gasteiger partial charge in [0.1, 0.15) is 22.7 Å². The maximum absolute atomic E-state index is 13.3. The first-order valence-corrected chi connectivity index (χ1v) is 11.0. The number of carbonyl (C=O) groups excluding carboxylic acids is 2. The molecule has 1 aliphatic heterocycles. The van der Waals surface area contributed by atoms with Crippen LogP contribution in [0.2, 0.25) is 5.15 Å². The molecule has 0 unspecified atom stereocenters. The summed E-state index contributed by atoms with van der Waals surface area (Å²) in [7, 11) is 0. The van der Waals surface area contributed by atoms with Crippen molar-refractivity contribution in [2.24, 2.45) is 11.7 Å². The molecule has 9 heteroatoms. The van der Waals surface area contributed by atoms with E-state index in [1.165, 1.54) is 12.1 Å². The molecule has 1 fully saturated rings. The van der Waals surface area contributed by atoms with E-state index < -0.39 is 11.9 Å². The summed E-state index contributed by atoms with van der Waals surface area (Å²) in [6.07, 6.45) is 3.50. The molecule has 2 amide bonds. The van der Waals surface area contributed by atoms with Gasteiger partial charge in [-0.2, -0.15) is 0 Å². The Hall–Kier alpha value is -2.97. The fraction of sp³-hybridized carbons (Fsp3) is 0.348. The summed E-state index contributed by atoms with van der Waals surface area (Å²) in [5.74, 6) is -0.501. The maximum atomic E-state index is 13.3. The van der Waals surface area contributed by atoms with Crippen molar-refractivity contribution in [2.75, 3.05) is 19.6 Å². The number of nitrogens with zero attached hydrogens (tertiary/aromatic N) is 2. The lowest BCUT2D eigenvalue weighted by molar-refractivity contribution is -0.134. The second kappa shape index (κ2) is 9.67. The number of aromatic nitrogens is 2. The van der Waals surface area contributed by atoms with Crippen LogP contribution in [0.3, 0.4) is 0 Å². The summed E-state index contributed by atoms with van der Waals surface area (Å²) in [6, 6.07) is 8.49. The average molecular weight is 458 g/mol. The van der Waals surface area contributed by atoms with Crippen LogP contribution in [0, 0.1) is 11.7 Å². The number of halogens is 2. The fourth-order valence-electron chi connectivity index (χ4n) is 4.03. The third-order valence-electron chi connectivity index (χ3n) is 5.93. The standard InChI is InChI=1S/C23H25ClFN5O2/c24-21-11-16-10-18(28-20(16)13-27-21)22(31)29-19(9-14-1-3-17(25)4-2-14)23(32)30-7-5-15(12-26)6-8-30/h1-4,10-11,13,15,19,28H,5-9,12,26H2,(H,29,31)/t19-/m0/s1. The van der Waals surface area contributed by atoms with Gasteiger partial charge in [-0.1, -0.05) is 23.7 Å². The average Bonchev–Trinajstić information content (AvgIpc) is 3.23. The van der Waals surface area contributed by atoms with Gasteiger partial charge in [0.05, 0.1) is 11.7 Å². The summed E-state index contributed by atoms with van der Waals surface area (Å²) >= 11 is 5.93. The Morgan fingerprint density at radius 1 is 1.25 bits per heavy atom. The van der Waals surface area contributed by atoms with E-state index >= 15 is 0 Å². The maximum Gasteiger partial charge on any atom is 0.268 e. The van der Waals surface area contributed by atoms with Gasteiger partial charge in [-0.05, 0) is 55.1 Å². The van der Waals surface area contributed by atoms with Crippen LogP contribution in [0.25, 0.3) is 10.9 Å². The molecular weight excluding hydrogens is 433 g/mol. The van der Waals surface area contributed by atoms with Crippen LogP contribution in [0.5, 0.6) is 0 Å². The molecule has 0 bridgehead atoms. The number of pyridine rings is 1. The SMILES string of the molecule is NCC1CCN(C(=O)[C@H](Cc2ccc(F)cc2)NC(=O)c2cc3cc(Cl)ncc3[nH]2)CC1. The van der Waals surface area contributed by atoms with Crippen LogP contribution in [-0.2, 0) is 11.2 Å². The highest BCUT2D eigenvalue weighted by atomic mass is 35.5.